The van der Waals surface area contributed by atoms with Gasteiger partial charge < -0.3 is 24.3 Å². The molecule has 3 aromatic carbocycles. The summed E-state index contributed by atoms with van der Waals surface area (Å²) in [4.78, 5) is 11.0. The van der Waals surface area contributed by atoms with Gasteiger partial charge in [0.1, 0.15) is 17.9 Å². The van der Waals surface area contributed by atoms with Crippen LogP contribution >= 0.6 is 12.4 Å². The van der Waals surface area contributed by atoms with Crippen molar-refractivity contribution in [1.29, 1.82) is 0 Å². The van der Waals surface area contributed by atoms with Crippen LogP contribution in [0.2, 0.25) is 0 Å². The van der Waals surface area contributed by atoms with Gasteiger partial charge in [-0.3, -0.25) is 4.79 Å². The molecule has 0 radical (unpaired) electrons. The van der Waals surface area contributed by atoms with Crippen LogP contribution in [0.15, 0.2) is 65.3 Å². The lowest BCUT2D eigenvalue weighted by atomic mass is 9.94. The van der Waals surface area contributed by atoms with E-state index in [0.717, 1.165) is 22.4 Å². The van der Waals surface area contributed by atoms with Crippen molar-refractivity contribution in [3.63, 3.8) is 0 Å². The molecule has 0 aliphatic carbocycles. The van der Waals surface area contributed by atoms with Gasteiger partial charge in [0.05, 0.1) is 19.3 Å². The fourth-order valence-corrected chi connectivity index (χ4v) is 4.36. The monoisotopic (exact) mass is 509 g/mol. The molecule has 0 aliphatic rings. The van der Waals surface area contributed by atoms with E-state index in [9.17, 15) is 4.79 Å². The Morgan fingerprint density at radius 3 is 2.53 bits per heavy atom. The quantitative estimate of drug-likeness (QED) is 0.216. The number of hydrogen-bond acceptors (Lipinski definition) is 5. The van der Waals surface area contributed by atoms with Gasteiger partial charge in [-0.25, -0.2) is 0 Å². The molecule has 2 N–H and O–H groups in total. The standard InChI is InChI=1S/C29H31NO5.ClH/c1-4-33-10-11-34-25-12-19(2)29(20(3)13-25)22-7-5-6-21(14-22)17-30-24-8-9-26-23(15-28(31)32)18-35-27(26)16-24;/h5-9,12-14,16,18,30H,4,10-11,15,17H2,1-3H3,(H,31,32);1H. The molecule has 190 valence electrons. The first-order chi connectivity index (χ1) is 16.9. The van der Waals surface area contributed by atoms with Crippen LogP contribution in [0.25, 0.3) is 22.1 Å². The molecule has 4 aromatic rings. The number of anilines is 1. The maximum Gasteiger partial charge on any atom is 0.307 e. The number of benzene rings is 3. The van der Waals surface area contributed by atoms with Crippen molar-refractivity contribution in [2.24, 2.45) is 0 Å². The van der Waals surface area contributed by atoms with Gasteiger partial charge in [0.25, 0.3) is 0 Å². The van der Waals surface area contributed by atoms with Gasteiger partial charge >= 0.3 is 5.97 Å². The number of fused-ring (bicyclic) bond motifs is 1. The van der Waals surface area contributed by atoms with Crippen molar-refractivity contribution in [2.75, 3.05) is 25.1 Å². The third-order valence-corrected chi connectivity index (χ3v) is 5.92. The zero-order chi connectivity index (χ0) is 24.8. The Bertz CT molecular complexity index is 1310. The van der Waals surface area contributed by atoms with E-state index in [0.29, 0.717) is 37.5 Å². The highest BCUT2D eigenvalue weighted by Gasteiger charge is 2.11. The topological polar surface area (TPSA) is 80.9 Å². The first kappa shape index (κ1) is 27.1. The third-order valence-electron chi connectivity index (χ3n) is 5.92. The lowest BCUT2D eigenvalue weighted by Crippen LogP contribution is -2.06. The van der Waals surface area contributed by atoms with Crippen LogP contribution in [0.5, 0.6) is 5.75 Å². The number of halogens is 1. The molecule has 1 aromatic heterocycles. The summed E-state index contributed by atoms with van der Waals surface area (Å²) < 4.78 is 16.8. The predicted molar refractivity (Wildman–Crippen MR) is 145 cm³/mol. The van der Waals surface area contributed by atoms with E-state index in [1.165, 1.54) is 28.5 Å². The van der Waals surface area contributed by atoms with Crippen LogP contribution in [-0.2, 0) is 22.5 Å². The van der Waals surface area contributed by atoms with Gasteiger partial charge in [0, 0.05) is 35.9 Å². The summed E-state index contributed by atoms with van der Waals surface area (Å²) in [7, 11) is 0. The minimum Gasteiger partial charge on any atom is -0.491 e. The molecule has 36 heavy (non-hydrogen) atoms. The third kappa shape index (κ3) is 6.59. The van der Waals surface area contributed by atoms with Crippen molar-refractivity contribution < 1.29 is 23.8 Å². The lowest BCUT2D eigenvalue weighted by Gasteiger charge is -2.15. The van der Waals surface area contributed by atoms with Crippen LogP contribution in [0, 0.1) is 13.8 Å². The van der Waals surface area contributed by atoms with E-state index >= 15 is 0 Å². The SMILES string of the molecule is CCOCCOc1cc(C)c(-c2cccc(CNc3ccc4c(CC(=O)O)coc4c3)c2)c(C)c1.Cl. The van der Waals surface area contributed by atoms with Crippen LogP contribution < -0.4 is 10.1 Å². The van der Waals surface area contributed by atoms with Crippen LogP contribution in [0.4, 0.5) is 5.69 Å². The first-order valence-corrected chi connectivity index (χ1v) is 11.8. The molecule has 0 bridgehead atoms. The van der Waals surface area contributed by atoms with Crippen molar-refractivity contribution in [3.05, 3.63) is 83.1 Å². The Balaban J connectivity index is 0.00000361. The molecule has 0 aliphatic heterocycles. The van der Waals surface area contributed by atoms with Crippen LogP contribution in [-0.4, -0.2) is 30.9 Å². The second kappa shape index (κ2) is 12.5. The summed E-state index contributed by atoms with van der Waals surface area (Å²) in [5, 5.41) is 13.3. The van der Waals surface area contributed by atoms with E-state index in [1.807, 2.05) is 25.1 Å². The van der Waals surface area contributed by atoms with E-state index in [4.69, 9.17) is 19.0 Å². The lowest BCUT2D eigenvalue weighted by molar-refractivity contribution is -0.136. The minimum absolute atomic E-state index is 0. The predicted octanol–water partition coefficient (Wildman–Crippen LogP) is 6.79. The Hall–Kier alpha value is -3.48. The summed E-state index contributed by atoms with van der Waals surface area (Å²) in [6, 6.07) is 18.4. The average molecular weight is 510 g/mol. The number of carbonyl (C=O) groups is 1. The zero-order valence-electron chi connectivity index (χ0n) is 20.8. The molecular formula is C29H32ClNO5. The van der Waals surface area contributed by atoms with Crippen molar-refractivity contribution in [1.82, 2.24) is 0 Å². The summed E-state index contributed by atoms with van der Waals surface area (Å²) in [6.07, 6.45) is 1.47. The van der Waals surface area contributed by atoms with Crippen LogP contribution in [0.3, 0.4) is 0 Å². The molecule has 0 saturated carbocycles. The Morgan fingerprint density at radius 1 is 1.03 bits per heavy atom. The smallest absolute Gasteiger partial charge is 0.307 e. The summed E-state index contributed by atoms with van der Waals surface area (Å²) in [6.45, 7) is 8.67. The number of hydrogen-bond donors (Lipinski definition) is 2. The normalized spacial score (nSPS) is 10.8. The van der Waals surface area contributed by atoms with Gasteiger partial charge in [-0.15, -0.1) is 12.4 Å². The van der Waals surface area contributed by atoms with Gasteiger partial charge in [0.2, 0.25) is 0 Å². The number of ether oxygens (including phenoxy) is 2. The Labute approximate surface area is 217 Å². The molecule has 0 fully saturated rings. The molecule has 6 nitrogen and oxygen atoms in total. The van der Waals surface area contributed by atoms with Gasteiger partial charge in [-0.05, 0) is 78.9 Å². The van der Waals surface area contributed by atoms with Crippen LogP contribution in [0.1, 0.15) is 29.2 Å². The molecule has 0 spiro atoms. The Morgan fingerprint density at radius 2 is 1.81 bits per heavy atom. The first-order valence-electron chi connectivity index (χ1n) is 11.8. The average Bonchev–Trinajstić information content (AvgIpc) is 3.22. The van der Waals surface area contributed by atoms with E-state index in [-0.39, 0.29) is 18.8 Å². The van der Waals surface area contributed by atoms with Crippen molar-refractivity contribution in [2.45, 2.75) is 33.7 Å². The van der Waals surface area contributed by atoms with Gasteiger partial charge in [-0.1, -0.05) is 18.2 Å². The van der Waals surface area contributed by atoms with E-state index in [1.54, 1.807) is 0 Å². The molecule has 0 atom stereocenters. The number of carboxylic acids is 1. The molecule has 4 rings (SSSR count). The molecule has 1 heterocycles. The number of carboxylic acid groups (broad SMARTS) is 1. The second-order valence-corrected chi connectivity index (χ2v) is 8.57. The number of rotatable bonds is 11. The Kier molecular flexibility index (Phi) is 9.39. The molecule has 0 unspecified atom stereocenters. The van der Waals surface area contributed by atoms with Crippen molar-refractivity contribution >= 4 is 35.0 Å². The number of aryl methyl sites for hydroxylation is 2. The van der Waals surface area contributed by atoms with Crippen molar-refractivity contribution in [3.8, 4) is 16.9 Å². The summed E-state index contributed by atoms with van der Waals surface area (Å²) in [5.74, 6) is -0.00917. The number of aliphatic carboxylic acids is 1. The number of furan rings is 1. The fraction of sp³-hybridized carbons (Fsp3) is 0.276. The molecular weight excluding hydrogens is 478 g/mol. The maximum atomic E-state index is 11.0. The highest BCUT2D eigenvalue weighted by molar-refractivity contribution is 5.87. The van der Waals surface area contributed by atoms with Gasteiger partial charge in [-0.2, -0.15) is 0 Å². The molecule has 0 amide bonds. The molecule has 7 heteroatoms. The molecule has 0 saturated heterocycles. The highest BCUT2D eigenvalue weighted by atomic mass is 35.5. The largest absolute Gasteiger partial charge is 0.491 e. The summed E-state index contributed by atoms with van der Waals surface area (Å²) in [5.41, 5.74) is 8.15. The zero-order valence-corrected chi connectivity index (χ0v) is 21.6. The maximum absolute atomic E-state index is 11.0. The number of nitrogens with one attached hydrogen (secondary N) is 1. The summed E-state index contributed by atoms with van der Waals surface area (Å²) >= 11 is 0. The van der Waals surface area contributed by atoms with E-state index < -0.39 is 5.97 Å². The highest BCUT2D eigenvalue weighted by Crippen LogP contribution is 2.32. The van der Waals surface area contributed by atoms with E-state index in [2.05, 4.69) is 55.6 Å². The fourth-order valence-electron chi connectivity index (χ4n) is 4.36. The minimum atomic E-state index is -0.871. The second-order valence-electron chi connectivity index (χ2n) is 8.57. The van der Waals surface area contributed by atoms with Gasteiger partial charge in [0.15, 0.2) is 0 Å².